The predicted octanol–water partition coefficient (Wildman–Crippen LogP) is 5.44. The maximum absolute atomic E-state index is 13.5. The Morgan fingerprint density at radius 1 is 1.00 bits per heavy atom. The van der Waals surface area contributed by atoms with Gasteiger partial charge in [0.25, 0.3) is 10.0 Å². The van der Waals surface area contributed by atoms with Crippen LogP contribution >= 0.6 is 15.9 Å². The predicted molar refractivity (Wildman–Crippen MR) is 115 cm³/mol. The van der Waals surface area contributed by atoms with Crippen LogP contribution in [0.5, 0.6) is 0 Å². The first-order valence-corrected chi connectivity index (χ1v) is 11.3. The first-order valence-electron chi connectivity index (χ1n) is 9.05. The van der Waals surface area contributed by atoms with Crippen molar-refractivity contribution < 1.29 is 12.8 Å². The van der Waals surface area contributed by atoms with Gasteiger partial charge in [0.2, 0.25) is 0 Å². The third-order valence-corrected chi connectivity index (χ3v) is 7.29. The van der Waals surface area contributed by atoms with Crippen LogP contribution in [0.4, 0.5) is 4.39 Å². The van der Waals surface area contributed by atoms with E-state index in [1.165, 1.54) is 16.5 Å². The van der Waals surface area contributed by atoms with Gasteiger partial charge in [-0.05, 0) is 53.9 Å². The zero-order chi connectivity index (χ0) is 20.6. The fourth-order valence-electron chi connectivity index (χ4n) is 3.41. The summed E-state index contributed by atoms with van der Waals surface area (Å²) >= 11 is 3.41. The number of nitrogens with zero attached hydrogens (tertiary/aromatic N) is 2. The zero-order valence-electron chi connectivity index (χ0n) is 15.6. The van der Waals surface area contributed by atoms with Crippen molar-refractivity contribution in [1.29, 1.82) is 0 Å². The minimum atomic E-state index is -3.88. The van der Waals surface area contributed by atoms with E-state index in [2.05, 4.69) is 21.0 Å². The van der Waals surface area contributed by atoms with Gasteiger partial charge in [-0.15, -0.1) is 0 Å². The molecule has 7 heteroatoms. The summed E-state index contributed by atoms with van der Waals surface area (Å²) in [6, 6.07) is 19.8. The molecule has 0 aromatic heterocycles. The molecule has 0 fully saturated rings. The van der Waals surface area contributed by atoms with Crippen LogP contribution in [0, 0.1) is 12.7 Å². The van der Waals surface area contributed by atoms with E-state index in [1.54, 1.807) is 43.3 Å². The van der Waals surface area contributed by atoms with Crippen LogP contribution < -0.4 is 0 Å². The highest BCUT2D eigenvalue weighted by Crippen LogP contribution is 2.37. The number of aryl methyl sites for hydroxylation is 1. The molecule has 4 rings (SSSR count). The Labute approximate surface area is 177 Å². The lowest BCUT2D eigenvalue weighted by atomic mass is 9.99. The molecule has 29 heavy (non-hydrogen) atoms. The fourth-order valence-corrected chi connectivity index (χ4v) is 5.34. The van der Waals surface area contributed by atoms with Crippen molar-refractivity contribution in [2.75, 3.05) is 0 Å². The summed E-state index contributed by atoms with van der Waals surface area (Å²) in [5, 5.41) is 4.51. The molecule has 1 aliphatic heterocycles. The third kappa shape index (κ3) is 3.84. The van der Waals surface area contributed by atoms with Crippen LogP contribution in [0.2, 0.25) is 0 Å². The molecule has 3 aromatic rings. The van der Waals surface area contributed by atoms with Crippen molar-refractivity contribution >= 4 is 31.7 Å². The molecule has 1 atom stereocenters. The second-order valence-corrected chi connectivity index (χ2v) is 9.55. The Balaban J connectivity index is 1.82. The van der Waals surface area contributed by atoms with Crippen LogP contribution in [0.15, 0.2) is 87.3 Å². The van der Waals surface area contributed by atoms with Gasteiger partial charge in [-0.3, -0.25) is 0 Å². The minimum absolute atomic E-state index is 0.216. The molecule has 4 nitrogen and oxygen atoms in total. The summed E-state index contributed by atoms with van der Waals surface area (Å²) in [6.45, 7) is 1.76. The Hall–Kier alpha value is -2.51. The summed E-state index contributed by atoms with van der Waals surface area (Å²) in [6.07, 6.45) is 0.401. The van der Waals surface area contributed by atoms with Gasteiger partial charge < -0.3 is 0 Å². The summed E-state index contributed by atoms with van der Waals surface area (Å²) in [7, 11) is -3.88. The van der Waals surface area contributed by atoms with Gasteiger partial charge in [-0.1, -0.05) is 58.4 Å². The molecule has 148 valence electrons. The van der Waals surface area contributed by atoms with E-state index in [4.69, 9.17) is 0 Å². The van der Waals surface area contributed by atoms with Crippen molar-refractivity contribution in [1.82, 2.24) is 4.41 Å². The first kappa shape index (κ1) is 19.8. The number of hydrazone groups is 1. The normalized spacial score (nSPS) is 16.7. The molecule has 0 saturated carbocycles. The van der Waals surface area contributed by atoms with Gasteiger partial charge in [0.1, 0.15) is 5.82 Å². The quantitative estimate of drug-likeness (QED) is 0.507. The minimum Gasteiger partial charge on any atom is -0.207 e. The molecule has 0 spiro atoms. The van der Waals surface area contributed by atoms with E-state index in [1.807, 2.05) is 24.3 Å². The smallest absolute Gasteiger partial charge is 0.207 e. The van der Waals surface area contributed by atoms with Crippen LogP contribution in [-0.4, -0.2) is 18.5 Å². The number of hydrogen-bond donors (Lipinski definition) is 0. The lowest BCUT2D eigenvalue weighted by molar-refractivity contribution is 0.371. The number of halogens is 2. The van der Waals surface area contributed by atoms with Gasteiger partial charge in [-0.2, -0.15) is 17.9 Å². The average Bonchev–Trinajstić information content (AvgIpc) is 3.15. The van der Waals surface area contributed by atoms with Gasteiger partial charge >= 0.3 is 0 Å². The highest BCUT2D eigenvalue weighted by Gasteiger charge is 2.38. The van der Waals surface area contributed by atoms with Gasteiger partial charge in [0, 0.05) is 10.9 Å². The summed E-state index contributed by atoms with van der Waals surface area (Å²) in [4.78, 5) is 0.216. The third-order valence-electron chi connectivity index (χ3n) is 4.92. The zero-order valence-corrected chi connectivity index (χ0v) is 18.0. The lowest BCUT2D eigenvalue weighted by Crippen LogP contribution is -2.28. The molecule has 0 saturated heterocycles. The monoisotopic (exact) mass is 472 g/mol. The first-order chi connectivity index (χ1) is 13.9. The standard InChI is InChI=1S/C22H18BrFN2O2S/c1-15-4-2-3-5-22(15)29(27,28)26-21(17-8-12-19(24)13-9-17)14-20(25-26)16-6-10-18(23)11-7-16/h2-13,21H,14H2,1H3. The molecule has 1 aliphatic rings. The Kier molecular flexibility index (Phi) is 5.27. The van der Waals surface area contributed by atoms with Crippen LogP contribution in [0.1, 0.15) is 29.2 Å². The highest BCUT2D eigenvalue weighted by atomic mass is 79.9. The Morgan fingerprint density at radius 2 is 1.66 bits per heavy atom. The van der Waals surface area contributed by atoms with E-state index < -0.39 is 16.1 Å². The van der Waals surface area contributed by atoms with E-state index in [0.717, 1.165) is 10.0 Å². The van der Waals surface area contributed by atoms with Crippen molar-refractivity contribution in [2.24, 2.45) is 5.10 Å². The molecular formula is C22H18BrFN2O2S. The maximum atomic E-state index is 13.5. The largest absolute Gasteiger partial charge is 0.279 e. The number of rotatable bonds is 4. The second-order valence-electron chi connectivity index (χ2n) is 6.87. The molecule has 0 aliphatic carbocycles. The summed E-state index contributed by atoms with van der Waals surface area (Å²) < 4.78 is 42.5. The number of sulfonamides is 1. The SMILES string of the molecule is Cc1ccccc1S(=O)(=O)N1N=C(c2ccc(Br)cc2)CC1c1ccc(F)cc1. The van der Waals surface area contributed by atoms with Gasteiger partial charge in [-0.25, -0.2) is 4.39 Å². The molecule has 0 radical (unpaired) electrons. The van der Waals surface area contributed by atoms with E-state index in [0.29, 0.717) is 23.3 Å². The van der Waals surface area contributed by atoms with Crippen molar-refractivity contribution in [2.45, 2.75) is 24.3 Å². The van der Waals surface area contributed by atoms with E-state index >= 15 is 0 Å². The Bertz CT molecular complexity index is 1180. The second kappa shape index (κ2) is 7.72. The molecule has 1 heterocycles. The highest BCUT2D eigenvalue weighted by molar-refractivity contribution is 9.10. The lowest BCUT2D eigenvalue weighted by Gasteiger charge is -2.24. The summed E-state index contributed by atoms with van der Waals surface area (Å²) in [5.41, 5.74) is 2.86. The van der Waals surface area contributed by atoms with Crippen molar-refractivity contribution in [3.05, 3.63) is 99.8 Å². The topological polar surface area (TPSA) is 49.7 Å². The van der Waals surface area contributed by atoms with Crippen LogP contribution in [0.3, 0.4) is 0 Å². The summed E-state index contributed by atoms with van der Waals surface area (Å²) in [5.74, 6) is -0.367. The maximum Gasteiger partial charge on any atom is 0.279 e. The molecular weight excluding hydrogens is 455 g/mol. The van der Waals surface area contributed by atoms with Crippen LogP contribution in [-0.2, 0) is 10.0 Å². The van der Waals surface area contributed by atoms with E-state index in [-0.39, 0.29) is 10.7 Å². The molecule has 1 unspecified atom stereocenters. The molecule has 0 bridgehead atoms. The van der Waals surface area contributed by atoms with Gasteiger partial charge in [0.05, 0.1) is 16.6 Å². The molecule has 3 aromatic carbocycles. The number of hydrogen-bond acceptors (Lipinski definition) is 3. The molecule has 0 amide bonds. The van der Waals surface area contributed by atoms with Gasteiger partial charge in [0.15, 0.2) is 0 Å². The number of benzene rings is 3. The van der Waals surface area contributed by atoms with E-state index in [9.17, 15) is 12.8 Å². The fraction of sp³-hybridized carbons (Fsp3) is 0.136. The van der Waals surface area contributed by atoms with Crippen LogP contribution in [0.25, 0.3) is 0 Å². The average molecular weight is 473 g/mol. The van der Waals surface area contributed by atoms with Crippen molar-refractivity contribution in [3.8, 4) is 0 Å². The Morgan fingerprint density at radius 3 is 2.31 bits per heavy atom. The van der Waals surface area contributed by atoms with Crippen molar-refractivity contribution in [3.63, 3.8) is 0 Å². The molecule has 0 N–H and O–H groups in total.